The van der Waals surface area contributed by atoms with E-state index >= 15 is 0 Å². The summed E-state index contributed by atoms with van der Waals surface area (Å²) in [5.41, 5.74) is 3.50. The second kappa shape index (κ2) is 8.53. The number of piperidine rings is 1. The third-order valence-electron chi connectivity index (χ3n) is 5.55. The molecule has 1 aliphatic rings. The molecule has 1 saturated heterocycles. The number of aryl methyl sites for hydroxylation is 1. The van der Waals surface area contributed by atoms with Crippen molar-refractivity contribution in [3.8, 4) is 0 Å². The molecule has 1 heterocycles. The van der Waals surface area contributed by atoms with Crippen LogP contribution in [0.4, 0.5) is 17.1 Å². The molecule has 1 aliphatic heterocycles. The van der Waals surface area contributed by atoms with Crippen LogP contribution in [-0.4, -0.2) is 19.0 Å². The first-order valence-corrected chi connectivity index (χ1v) is 10.3. The molecule has 0 aromatic heterocycles. The Morgan fingerprint density at radius 3 is 2.23 bits per heavy atom. The number of carbonyl (C=O) groups excluding carboxylic acids is 1. The molecule has 1 fully saturated rings. The predicted octanol–water partition coefficient (Wildman–Crippen LogP) is 3.45. The van der Waals surface area contributed by atoms with E-state index in [1.54, 1.807) is 12.1 Å². The zero-order chi connectivity index (χ0) is 21.1. The van der Waals surface area contributed by atoms with Crippen LogP contribution in [0.15, 0.2) is 58.1 Å². The Balaban J connectivity index is 1.38. The quantitative estimate of drug-likeness (QED) is 0.617. The molecule has 30 heavy (non-hydrogen) atoms. The van der Waals surface area contributed by atoms with E-state index in [-0.39, 0.29) is 11.3 Å². The third kappa shape index (κ3) is 4.13. The SMILES string of the molecule is Cc1ccc(NC(=O)c2ccc(CNc3c(N4CCCCC4)c(=O)c3=O)cc2)cc1. The molecule has 0 aliphatic carbocycles. The fourth-order valence-electron chi connectivity index (χ4n) is 3.77. The maximum Gasteiger partial charge on any atom is 0.255 e. The Bertz CT molecular complexity index is 1100. The van der Waals surface area contributed by atoms with Crippen molar-refractivity contribution in [2.24, 2.45) is 0 Å². The van der Waals surface area contributed by atoms with Gasteiger partial charge in [-0.05, 0) is 56.0 Å². The van der Waals surface area contributed by atoms with E-state index in [2.05, 4.69) is 10.6 Å². The van der Waals surface area contributed by atoms with Gasteiger partial charge in [-0.3, -0.25) is 14.4 Å². The normalized spacial score (nSPS) is 14.0. The average molecular weight is 403 g/mol. The van der Waals surface area contributed by atoms with Crippen molar-refractivity contribution in [3.05, 3.63) is 85.7 Å². The number of nitrogens with zero attached hydrogens (tertiary/aromatic N) is 1. The molecule has 3 aromatic carbocycles. The van der Waals surface area contributed by atoms with Gasteiger partial charge in [0.15, 0.2) is 0 Å². The highest BCUT2D eigenvalue weighted by molar-refractivity contribution is 6.04. The highest BCUT2D eigenvalue weighted by Crippen LogP contribution is 2.24. The van der Waals surface area contributed by atoms with Crippen molar-refractivity contribution in [1.29, 1.82) is 0 Å². The van der Waals surface area contributed by atoms with Crippen molar-refractivity contribution in [2.75, 3.05) is 28.6 Å². The van der Waals surface area contributed by atoms with Crippen LogP contribution in [0.5, 0.6) is 0 Å². The van der Waals surface area contributed by atoms with Crippen molar-refractivity contribution < 1.29 is 4.79 Å². The van der Waals surface area contributed by atoms with Gasteiger partial charge in [0.2, 0.25) is 0 Å². The average Bonchev–Trinajstić information content (AvgIpc) is 2.78. The summed E-state index contributed by atoms with van der Waals surface area (Å²) in [7, 11) is 0. The van der Waals surface area contributed by atoms with E-state index in [1.807, 2.05) is 48.2 Å². The molecule has 0 unspecified atom stereocenters. The van der Waals surface area contributed by atoms with Gasteiger partial charge in [0.1, 0.15) is 11.4 Å². The molecule has 154 valence electrons. The molecule has 0 spiro atoms. The molecule has 6 nitrogen and oxygen atoms in total. The van der Waals surface area contributed by atoms with E-state index < -0.39 is 5.43 Å². The Labute approximate surface area is 175 Å². The number of anilines is 3. The van der Waals surface area contributed by atoms with Crippen LogP contribution < -0.4 is 26.4 Å². The number of hydrogen-bond acceptors (Lipinski definition) is 5. The number of rotatable bonds is 6. The van der Waals surface area contributed by atoms with Gasteiger partial charge in [-0.25, -0.2) is 0 Å². The first kappa shape index (κ1) is 19.9. The molecule has 2 N–H and O–H groups in total. The molecule has 4 rings (SSSR count). The Morgan fingerprint density at radius 1 is 0.900 bits per heavy atom. The lowest BCUT2D eigenvalue weighted by Gasteiger charge is -2.30. The molecular formula is C24H25N3O3. The summed E-state index contributed by atoms with van der Waals surface area (Å²) in [6, 6.07) is 14.9. The molecular weight excluding hydrogens is 378 g/mol. The smallest absolute Gasteiger partial charge is 0.255 e. The lowest BCUT2D eigenvalue weighted by molar-refractivity contribution is 0.102. The van der Waals surface area contributed by atoms with Crippen LogP contribution in [0.3, 0.4) is 0 Å². The topological polar surface area (TPSA) is 78.5 Å². The monoisotopic (exact) mass is 403 g/mol. The van der Waals surface area contributed by atoms with Gasteiger partial charge in [0.05, 0.1) is 0 Å². The first-order valence-electron chi connectivity index (χ1n) is 10.3. The van der Waals surface area contributed by atoms with Crippen molar-refractivity contribution >= 4 is 23.0 Å². The van der Waals surface area contributed by atoms with E-state index in [4.69, 9.17) is 0 Å². The minimum Gasteiger partial charge on any atom is -0.376 e. The molecule has 0 atom stereocenters. The summed E-state index contributed by atoms with van der Waals surface area (Å²) < 4.78 is 0. The fourth-order valence-corrected chi connectivity index (χ4v) is 3.77. The van der Waals surface area contributed by atoms with E-state index in [9.17, 15) is 14.4 Å². The molecule has 1 amide bonds. The lowest BCUT2D eigenvalue weighted by Crippen LogP contribution is -2.44. The van der Waals surface area contributed by atoms with Crippen LogP contribution in [-0.2, 0) is 6.54 Å². The van der Waals surface area contributed by atoms with Gasteiger partial charge in [-0.2, -0.15) is 0 Å². The summed E-state index contributed by atoms with van der Waals surface area (Å²) in [6.45, 7) is 4.07. The van der Waals surface area contributed by atoms with Gasteiger partial charge in [0.25, 0.3) is 16.8 Å². The van der Waals surface area contributed by atoms with E-state index in [1.165, 1.54) is 6.42 Å². The van der Waals surface area contributed by atoms with Gasteiger partial charge in [0, 0.05) is 30.9 Å². The highest BCUT2D eigenvalue weighted by atomic mass is 16.2. The van der Waals surface area contributed by atoms with Gasteiger partial charge in [-0.1, -0.05) is 29.8 Å². The first-order chi connectivity index (χ1) is 14.5. The fraction of sp³-hybridized carbons (Fsp3) is 0.292. The maximum atomic E-state index is 12.4. The molecule has 3 aromatic rings. The summed E-state index contributed by atoms with van der Waals surface area (Å²) in [5.74, 6) is -0.173. The zero-order valence-electron chi connectivity index (χ0n) is 17.0. The predicted molar refractivity (Wildman–Crippen MR) is 120 cm³/mol. The van der Waals surface area contributed by atoms with Crippen molar-refractivity contribution in [1.82, 2.24) is 0 Å². The molecule has 6 heteroatoms. The Hall–Kier alpha value is -3.41. The number of amides is 1. The lowest BCUT2D eigenvalue weighted by atomic mass is 10.1. The van der Waals surface area contributed by atoms with Gasteiger partial charge < -0.3 is 15.5 Å². The number of benzene rings is 2. The Kier molecular flexibility index (Phi) is 5.65. The molecule has 0 radical (unpaired) electrons. The molecule has 0 bridgehead atoms. The summed E-state index contributed by atoms with van der Waals surface area (Å²) in [6.07, 6.45) is 3.26. The van der Waals surface area contributed by atoms with Crippen LogP contribution >= 0.6 is 0 Å². The van der Waals surface area contributed by atoms with Gasteiger partial charge in [-0.15, -0.1) is 0 Å². The summed E-state index contributed by atoms with van der Waals surface area (Å²) in [5, 5.41) is 6.00. The van der Waals surface area contributed by atoms with Gasteiger partial charge >= 0.3 is 0 Å². The van der Waals surface area contributed by atoms with E-state index in [0.29, 0.717) is 23.5 Å². The zero-order valence-corrected chi connectivity index (χ0v) is 17.0. The summed E-state index contributed by atoms with van der Waals surface area (Å²) in [4.78, 5) is 38.5. The highest BCUT2D eigenvalue weighted by Gasteiger charge is 2.26. The Morgan fingerprint density at radius 2 is 1.57 bits per heavy atom. The van der Waals surface area contributed by atoms with Crippen LogP contribution in [0.1, 0.15) is 40.7 Å². The number of nitrogens with one attached hydrogen (secondary N) is 2. The van der Waals surface area contributed by atoms with Crippen molar-refractivity contribution in [2.45, 2.75) is 32.7 Å². The van der Waals surface area contributed by atoms with Crippen LogP contribution in [0.2, 0.25) is 0 Å². The maximum absolute atomic E-state index is 12.4. The standard InChI is InChI=1S/C24H25N3O3/c1-16-5-11-19(12-6-16)26-24(30)18-9-7-17(8-10-18)15-25-20-21(23(29)22(20)28)27-13-3-2-4-14-27/h5-12,25H,2-4,13-15H2,1H3,(H,26,30). The van der Waals surface area contributed by atoms with Crippen LogP contribution in [0, 0.1) is 6.92 Å². The second-order valence-corrected chi connectivity index (χ2v) is 7.80. The van der Waals surface area contributed by atoms with Crippen molar-refractivity contribution in [3.63, 3.8) is 0 Å². The second-order valence-electron chi connectivity index (χ2n) is 7.80. The third-order valence-corrected chi connectivity index (χ3v) is 5.55. The number of carbonyl (C=O) groups is 1. The van der Waals surface area contributed by atoms with Crippen LogP contribution in [0.25, 0.3) is 0 Å². The summed E-state index contributed by atoms with van der Waals surface area (Å²) >= 11 is 0. The van der Waals surface area contributed by atoms with E-state index in [0.717, 1.165) is 42.7 Å². The minimum absolute atomic E-state index is 0.173. The minimum atomic E-state index is -0.440. The molecule has 0 saturated carbocycles. The largest absolute Gasteiger partial charge is 0.376 e. The number of hydrogen-bond donors (Lipinski definition) is 2.